The molecule has 1 aliphatic rings. The van der Waals surface area contributed by atoms with E-state index in [0.29, 0.717) is 30.3 Å². The van der Waals surface area contributed by atoms with Crippen molar-refractivity contribution in [3.8, 4) is 0 Å². The zero-order valence-electron chi connectivity index (χ0n) is 12.2. The van der Waals surface area contributed by atoms with E-state index in [2.05, 4.69) is 27.7 Å². The van der Waals surface area contributed by atoms with Crippen LogP contribution in [0.1, 0.15) is 47.0 Å². The van der Waals surface area contributed by atoms with Crippen LogP contribution in [0.2, 0.25) is 0 Å². The molecular weight excluding hydrogens is 248 g/mol. The molecule has 108 valence electrons. The van der Waals surface area contributed by atoms with Crippen LogP contribution in [0.25, 0.3) is 0 Å². The van der Waals surface area contributed by atoms with Gasteiger partial charge in [0.15, 0.2) is 0 Å². The van der Waals surface area contributed by atoms with Gasteiger partial charge in [-0.05, 0) is 45.1 Å². The van der Waals surface area contributed by atoms with Crippen molar-refractivity contribution in [1.29, 1.82) is 0 Å². The highest BCUT2D eigenvalue weighted by Gasteiger charge is 2.35. The Labute approximate surface area is 118 Å². The van der Waals surface area contributed by atoms with Crippen LogP contribution in [0.4, 0.5) is 0 Å². The lowest BCUT2D eigenvalue weighted by molar-refractivity contribution is -0.139. The normalized spacial score (nSPS) is 23.3. The Bertz CT molecular complexity index is 256. The van der Waals surface area contributed by atoms with Gasteiger partial charge in [-0.3, -0.25) is 4.79 Å². The van der Waals surface area contributed by atoms with E-state index in [0.717, 1.165) is 25.8 Å². The van der Waals surface area contributed by atoms with E-state index in [9.17, 15) is 4.79 Å². The number of nitrogens with zero attached hydrogens (tertiary/aromatic N) is 1. The van der Waals surface area contributed by atoms with Crippen LogP contribution in [0.5, 0.6) is 0 Å². The van der Waals surface area contributed by atoms with Gasteiger partial charge in [-0.2, -0.15) is 0 Å². The number of carbonyl (C=O) groups excluding carboxylic acids is 1. The Balaban J connectivity index is 0.00000289. The SMILES string of the molecule is CC(C)CN(C(=O)[C@@H]1CCC[C@@H]1CN)C(C)C.Cl. The van der Waals surface area contributed by atoms with Crippen molar-refractivity contribution in [2.24, 2.45) is 23.5 Å². The second-order valence-electron chi connectivity index (χ2n) is 6.01. The Kier molecular flexibility index (Phi) is 7.88. The molecule has 1 rings (SSSR count). The van der Waals surface area contributed by atoms with Crippen molar-refractivity contribution < 1.29 is 4.79 Å². The van der Waals surface area contributed by atoms with Crippen LogP contribution < -0.4 is 5.73 Å². The number of hydrogen-bond donors (Lipinski definition) is 1. The minimum Gasteiger partial charge on any atom is -0.340 e. The second-order valence-corrected chi connectivity index (χ2v) is 6.01. The maximum absolute atomic E-state index is 12.6. The standard InChI is InChI=1S/C14H28N2O.ClH/c1-10(2)9-16(11(3)4)14(17)13-7-5-6-12(13)8-15;/h10-13H,5-9,15H2,1-4H3;1H/t12-,13-;/m1./s1. The fourth-order valence-electron chi connectivity index (χ4n) is 2.81. The highest BCUT2D eigenvalue weighted by Crippen LogP contribution is 2.33. The van der Waals surface area contributed by atoms with E-state index >= 15 is 0 Å². The molecule has 0 aliphatic heterocycles. The minimum atomic E-state index is 0. The molecule has 0 aromatic rings. The van der Waals surface area contributed by atoms with Crippen molar-refractivity contribution in [3.63, 3.8) is 0 Å². The van der Waals surface area contributed by atoms with Gasteiger partial charge >= 0.3 is 0 Å². The first-order valence-electron chi connectivity index (χ1n) is 6.97. The molecule has 0 heterocycles. The first kappa shape index (κ1) is 17.7. The highest BCUT2D eigenvalue weighted by atomic mass is 35.5. The maximum atomic E-state index is 12.6. The van der Waals surface area contributed by atoms with Gasteiger partial charge < -0.3 is 10.6 Å². The van der Waals surface area contributed by atoms with Gasteiger partial charge in [0.2, 0.25) is 5.91 Å². The van der Waals surface area contributed by atoms with Crippen molar-refractivity contribution in [3.05, 3.63) is 0 Å². The number of carbonyl (C=O) groups is 1. The zero-order valence-corrected chi connectivity index (χ0v) is 13.0. The number of halogens is 1. The van der Waals surface area contributed by atoms with E-state index < -0.39 is 0 Å². The molecule has 2 N–H and O–H groups in total. The van der Waals surface area contributed by atoms with Gasteiger partial charge in [0.05, 0.1) is 0 Å². The summed E-state index contributed by atoms with van der Waals surface area (Å²) in [6, 6.07) is 0.295. The lowest BCUT2D eigenvalue weighted by Crippen LogP contribution is -2.44. The summed E-state index contributed by atoms with van der Waals surface area (Å²) in [6.07, 6.45) is 3.31. The first-order chi connectivity index (χ1) is 7.97. The molecule has 1 amide bonds. The molecule has 4 heteroatoms. The van der Waals surface area contributed by atoms with E-state index in [4.69, 9.17) is 5.73 Å². The third-order valence-corrected chi connectivity index (χ3v) is 3.75. The van der Waals surface area contributed by atoms with Crippen molar-refractivity contribution in [2.75, 3.05) is 13.1 Å². The van der Waals surface area contributed by atoms with Gasteiger partial charge in [0, 0.05) is 18.5 Å². The Hall–Kier alpha value is -0.280. The molecule has 1 aliphatic carbocycles. The number of hydrogen-bond acceptors (Lipinski definition) is 2. The summed E-state index contributed by atoms with van der Waals surface area (Å²) in [6.45, 7) is 10.1. The predicted molar refractivity (Wildman–Crippen MR) is 78.8 cm³/mol. The molecule has 18 heavy (non-hydrogen) atoms. The molecule has 0 unspecified atom stereocenters. The average Bonchev–Trinajstić information content (AvgIpc) is 2.72. The number of amides is 1. The van der Waals surface area contributed by atoms with E-state index in [1.807, 2.05) is 4.90 Å². The second kappa shape index (κ2) is 8.00. The van der Waals surface area contributed by atoms with Crippen LogP contribution in [0.15, 0.2) is 0 Å². The monoisotopic (exact) mass is 276 g/mol. The quantitative estimate of drug-likeness (QED) is 0.839. The summed E-state index contributed by atoms with van der Waals surface area (Å²) < 4.78 is 0. The molecule has 0 radical (unpaired) electrons. The molecule has 1 fully saturated rings. The Morgan fingerprint density at radius 1 is 1.28 bits per heavy atom. The summed E-state index contributed by atoms with van der Waals surface area (Å²) in [5.41, 5.74) is 5.77. The molecule has 2 atom stereocenters. The first-order valence-corrected chi connectivity index (χ1v) is 6.97. The van der Waals surface area contributed by atoms with Crippen LogP contribution in [-0.2, 0) is 4.79 Å². The third kappa shape index (κ3) is 4.43. The summed E-state index contributed by atoms with van der Waals surface area (Å²) in [5.74, 6) is 1.46. The molecule has 0 aromatic carbocycles. The van der Waals surface area contributed by atoms with Gasteiger partial charge in [-0.25, -0.2) is 0 Å². The number of nitrogens with two attached hydrogens (primary N) is 1. The topological polar surface area (TPSA) is 46.3 Å². The Morgan fingerprint density at radius 2 is 1.89 bits per heavy atom. The molecule has 0 spiro atoms. The summed E-state index contributed by atoms with van der Waals surface area (Å²) in [4.78, 5) is 14.6. The van der Waals surface area contributed by atoms with Crippen LogP contribution in [0.3, 0.4) is 0 Å². The summed E-state index contributed by atoms with van der Waals surface area (Å²) in [7, 11) is 0. The molecule has 0 aromatic heterocycles. The molecular formula is C14H29ClN2O. The lowest BCUT2D eigenvalue weighted by Gasteiger charge is -2.32. The number of rotatable bonds is 5. The fraction of sp³-hybridized carbons (Fsp3) is 0.929. The summed E-state index contributed by atoms with van der Waals surface area (Å²) >= 11 is 0. The molecule has 0 saturated heterocycles. The summed E-state index contributed by atoms with van der Waals surface area (Å²) in [5, 5.41) is 0. The fourth-order valence-corrected chi connectivity index (χ4v) is 2.81. The van der Waals surface area contributed by atoms with Crippen molar-refractivity contribution >= 4 is 18.3 Å². The predicted octanol–water partition coefficient (Wildman–Crippen LogP) is 2.68. The van der Waals surface area contributed by atoms with Gasteiger partial charge in [-0.15, -0.1) is 12.4 Å². The third-order valence-electron chi connectivity index (χ3n) is 3.75. The van der Waals surface area contributed by atoms with E-state index in [1.165, 1.54) is 0 Å². The molecule has 0 bridgehead atoms. The highest BCUT2D eigenvalue weighted by molar-refractivity contribution is 5.85. The van der Waals surface area contributed by atoms with E-state index in [1.54, 1.807) is 0 Å². The minimum absolute atomic E-state index is 0. The van der Waals surface area contributed by atoms with E-state index in [-0.39, 0.29) is 18.3 Å². The van der Waals surface area contributed by atoms with Crippen LogP contribution in [-0.4, -0.2) is 29.9 Å². The largest absolute Gasteiger partial charge is 0.340 e. The maximum Gasteiger partial charge on any atom is 0.226 e. The average molecular weight is 277 g/mol. The molecule has 3 nitrogen and oxygen atoms in total. The zero-order chi connectivity index (χ0) is 13.0. The van der Waals surface area contributed by atoms with Crippen LogP contribution >= 0.6 is 12.4 Å². The van der Waals surface area contributed by atoms with Crippen LogP contribution in [0, 0.1) is 17.8 Å². The van der Waals surface area contributed by atoms with Crippen molar-refractivity contribution in [2.45, 2.75) is 53.0 Å². The van der Waals surface area contributed by atoms with Crippen molar-refractivity contribution in [1.82, 2.24) is 4.90 Å². The van der Waals surface area contributed by atoms with Gasteiger partial charge in [0.25, 0.3) is 0 Å². The van der Waals surface area contributed by atoms with Gasteiger partial charge in [-0.1, -0.05) is 20.3 Å². The lowest BCUT2D eigenvalue weighted by atomic mass is 9.94. The van der Waals surface area contributed by atoms with Gasteiger partial charge in [0.1, 0.15) is 0 Å². The smallest absolute Gasteiger partial charge is 0.226 e. The molecule has 1 saturated carbocycles. The Morgan fingerprint density at radius 3 is 2.33 bits per heavy atom.